The molecule has 1 fully saturated rings. The van der Waals surface area contributed by atoms with Gasteiger partial charge in [-0.2, -0.15) is 0 Å². The molecule has 1 aromatic heterocycles. The third-order valence-corrected chi connectivity index (χ3v) is 17.3. The Labute approximate surface area is 500 Å². The lowest BCUT2D eigenvalue weighted by Gasteiger charge is -2.29. The number of rotatable bonds is 18. The number of carbonyl (C=O) groups excluding carboxylic acids is 8. The highest BCUT2D eigenvalue weighted by Gasteiger charge is 2.36. The Kier molecular flexibility index (Phi) is 22.0. The summed E-state index contributed by atoms with van der Waals surface area (Å²) < 4.78 is 0. The van der Waals surface area contributed by atoms with Gasteiger partial charge in [-0.1, -0.05) is 151 Å². The molecule has 8 rings (SSSR count). The van der Waals surface area contributed by atoms with Gasteiger partial charge >= 0.3 is 0 Å². The number of hydrogen-bond acceptors (Lipinski definition) is 13. The van der Waals surface area contributed by atoms with E-state index >= 15 is 0 Å². The molecule has 1 aliphatic heterocycles. The first-order valence-corrected chi connectivity index (χ1v) is 30.8. The summed E-state index contributed by atoms with van der Waals surface area (Å²) in [5, 5.41) is 34.5. The number of phenols is 1. The molecule has 0 saturated carbocycles. The van der Waals surface area contributed by atoms with E-state index in [1.165, 1.54) is 12.1 Å². The summed E-state index contributed by atoms with van der Waals surface area (Å²) in [6.07, 6.45) is 2.56. The number of benzene rings is 6. The number of nitrogens with two attached hydrogens (primary N) is 3. The van der Waals surface area contributed by atoms with Crippen LogP contribution < -0.4 is 54.4 Å². The Morgan fingerprint density at radius 3 is 1.84 bits per heavy atom. The van der Waals surface area contributed by atoms with Gasteiger partial charge in [0.2, 0.25) is 47.3 Å². The fourth-order valence-electron chi connectivity index (χ4n) is 10.1. The van der Waals surface area contributed by atoms with Crippen LogP contribution in [0.1, 0.15) is 55.4 Å². The molecule has 0 unspecified atom stereocenters. The van der Waals surface area contributed by atoms with Crippen LogP contribution in [-0.2, 0) is 64.0 Å². The minimum Gasteiger partial charge on any atom is -0.508 e. The molecule has 0 spiro atoms. The number of fused-ring (bicyclic) bond motifs is 3. The van der Waals surface area contributed by atoms with Crippen LogP contribution in [0.4, 0.5) is 0 Å². The number of para-hydroxylation sites is 1. The molecule has 22 heteroatoms. The van der Waals surface area contributed by atoms with Crippen molar-refractivity contribution in [2.24, 2.45) is 23.1 Å². The Balaban J connectivity index is 1.14. The maximum absolute atomic E-state index is 15.0. The second kappa shape index (κ2) is 29.9. The van der Waals surface area contributed by atoms with Crippen LogP contribution in [0.2, 0.25) is 0 Å². The van der Waals surface area contributed by atoms with Crippen molar-refractivity contribution in [1.29, 1.82) is 0 Å². The monoisotopic (exact) mass is 1190 g/mol. The highest BCUT2D eigenvalue weighted by Crippen LogP contribution is 2.26. The minimum absolute atomic E-state index is 0.0182. The van der Waals surface area contributed by atoms with E-state index in [1.54, 1.807) is 32.2 Å². The Hall–Kier alpha value is -8.44. The highest BCUT2D eigenvalue weighted by molar-refractivity contribution is 8.76. The summed E-state index contributed by atoms with van der Waals surface area (Å²) in [7, 11) is 2.14. The number of aromatic hydroxyl groups is 1. The average Bonchev–Trinajstić information content (AvgIpc) is 4.02. The van der Waals surface area contributed by atoms with E-state index in [-0.39, 0.29) is 55.9 Å². The zero-order valence-corrected chi connectivity index (χ0v) is 48.9. The topological polar surface area (TPSA) is 335 Å². The summed E-state index contributed by atoms with van der Waals surface area (Å²) >= 11 is 0. The summed E-state index contributed by atoms with van der Waals surface area (Å²) in [6, 6.07) is 29.7. The summed E-state index contributed by atoms with van der Waals surface area (Å²) in [4.78, 5) is 119. The van der Waals surface area contributed by atoms with Gasteiger partial charge in [0.1, 0.15) is 48.0 Å². The van der Waals surface area contributed by atoms with E-state index < -0.39 is 102 Å². The maximum atomic E-state index is 15.0. The van der Waals surface area contributed by atoms with E-state index in [4.69, 9.17) is 17.2 Å². The number of hydrogen-bond donors (Lipinski definition) is 12. The molecule has 20 nitrogen and oxygen atoms in total. The third kappa shape index (κ3) is 17.3. The van der Waals surface area contributed by atoms with E-state index in [0.717, 1.165) is 59.6 Å². The number of nitrogens with one attached hydrogen (secondary N) is 8. The number of H-pyrrole nitrogens is 1. The number of aromatic nitrogens is 1. The molecule has 0 aliphatic carbocycles. The number of aromatic amines is 1. The predicted octanol–water partition coefficient (Wildman–Crippen LogP) is 3.84. The van der Waals surface area contributed by atoms with Gasteiger partial charge in [0.15, 0.2) is 0 Å². The Morgan fingerprint density at radius 2 is 1.19 bits per heavy atom. The van der Waals surface area contributed by atoms with Crippen LogP contribution in [0.5, 0.6) is 5.75 Å². The van der Waals surface area contributed by atoms with Crippen molar-refractivity contribution >= 4 is 101 Å². The number of primary amides is 1. The third-order valence-electron chi connectivity index (χ3n) is 14.9. The van der Waals surface area contributed by atoms with Crippen LogP contribution >= 0.6 is 21.6 Å². The Bertz CT molecular complexity index is 3530. The number of amides is 8. The van der Waals surface area contributed by atoms with E-state index in [9.17, 15) is 43.5 Å². The predicted molar refractivity (Wildman–Crippen MR) is 332 cm³/mol. The first-order chi connectivity index (χ1) is 40.9. The quantitative estimate of drug-likeness (QED) is 0.0430. The van der Waals surface area contributed by atoms with Crippen molar-refractivity contribution in [3.05, 3.63) is 162 Å². The first kappa shape index (κ1) is 62.6. The second-order valence-corrected chi connectivity index (χ2v) is 24.2. The second-order valence-electron chi connectivity index (χ2n) is 21.7. The summed E-state index contributed by atoms with van der Waals surface area (Å²) in [6.45, 7) is 3.69. The molecular weight excluding hydrogens is 1120 g/mol. The molecule has 1 saturated heterocycles. The largest absolute Gasteiger partial charge is 0.508 e. The molecule has 1 aliphatic rings. The molecule has 15 N–H and O–H groups in total. The van der Waals surface area contributed by atoms with Gasteiger partial charge in [0.05, 0.1) is 6.04 Å². The van der Waals surface area contributed by atoms with E-state index in [2.05, 4.69) is 42.2 Å². The SMILES string of the molecule is CC(C)[C@@H]1NC(=O)[C@H](CCCCN)NC(=O)[C@@H](Cc2c[nH]c3ccccc23)NC(=O)[C@H](Cc2ccc(O)cc2)NC(=O)[C@@H](NC(=O)[C@H](N)Cc2ccc3ccccc3c2)CSSC[C@@H](C(=O)N[C@@H](Cc2ccc3ccccc3c2)C(N)=O)NC1=O. The van der Waals surface area contributed by atoms with Gasteiger partial charge in [-0.15, -0.1) is 0 Å². The molecule has 6 aromatic carbocycles. The molecule has 8 amide bonds. The lowest BCUT2D eigenvalue weighted by Crippen LogP contribution is -2.61. The van der Waals surface area contributed by atoms with Gasteiger partial charge < -0.3 is 64.5 Å². The van der Waals surface area contributed by atoms with Gasteiger partial charge in [-0.25, -0.2) is 0 Å². The van der Waals surface area contributed by atoms with Crippen molar-refractivity contribution in [2.45, 2.75) is 107 Å². The van der Waals surface area contributed by atoms with Crippen molar-refractivity contribution in [3.8, 4) is 5.75 Å². The smallest absolute Gasteiger partial charge is 0.244 e. The molecule has 446 valence electrons. The summed E-state index contributed by atoms with van der Waals surface area (Å²) in [5.41, 5.74) is 21.8. The van der Waals surface area contributed by atoms with Crippen LogP contribution in [-0.4, -0.2) is 124 Å². The molecule has 8 atom stereocenters. The van der Waals surface area contributed by atoms with E-state index in [1.807, 2.05) is 109 Å². The van der Waals surface area contributed by atoms with Gasteiger partial charge in [-0.3, -0.25) is 38.4 Å². The molecule has 0 radical (unpaired) electrons. The standard InChI is InChI=1S/C63H73N11O9S2/c1-36(2)55-63(83)73-54(61(81)69-50(56(66)76)31-39-19-23-41-12-4-6-14-43(41)28-39)35-85-84-34-53(72-57(77)47(65)29-38-18-22-40-11-3-5-13-42(40)27-38)62(82)70-51(30-37-20-24-45(75)25-21-37)59(79)71-52(32-44-33-67-48-16-8-7-15-46(44)48)60(80)68-49(58(78)74-55)17-9-10-26-64/h3-8,11-16,18-25,27-28,33,36,47,49-55,67,75H,9-10,17,26,29-32,34-35,64-65H2,1-2H3,(H2,66,76)(H,68,80)(H,69,81)(H,70,82)(H,71,79)(H,72,77)(H,73,83)(H,74,78)/t47-,49+,50+,51+,52-,53+,54+,55+/m1/s1. The molecule has 2 heterocycles. The van der Waals surface area contributed by atoms with Crippen LogP contribution in [0.15, 0.2) is 140 Å². The minimum atomic E-state index is -1.41. The normalized spacial score (nSPS) is 20.3. The number of phenolic OH excluding ortho intramolecular Hbond substituents is 1. The fraction of sp³-hybridized carbons (Fsp3) is 0.333. The first-order valence-electron chi connectivity index (χ1n) is 28.3. The zero-order valence-electron chi connectivity index (χ0n) is 47.3. The van der Waals surface area contributed by atoms with Crippen LogP contribution in [0.3, 0.4) is 0 Å². The average molecular weight is 1190 g/mol. The van der Waals surface area contributed by atoms with Gasteiger partial charge in [0.25, 0.3) is 0 Å². The van der Waals surface area contributed by atoms with E-state index in [0.29, 0.717) is 29.5 Å². The number of carbonyl (C=O) groups is 8. The highest BCUT2D eigenvalue weighted by atomic mass is 33.1. The van der Waals surface area contributed by atoms with Gasteiger partial charge in [-0.05, 0) is 100 Å². The molecule has 0 bridgehead atoms. The van der Waals surface area contributed by atoms with Crippen molar-refractivity contribution in [2.75, 3.05) is 18.1 Å². The van der Waals surface area contributed by atoms with Crippen molar-refractivity contribution in [3.63, 3.8) is 0 Å². The molecular formula is C63H73N11O9S2. The molecule has 7 aromatic rings. The number of unbranched alkanes of at least 4 members (excludes halogenated alkanes) is 1. The van der Waals surface area contributed by atoms with Gasteiger partial charge in [0, 0.05) is 47.9 Å². The molecule has 85 heavy (non-hydrogen) atoms. The Morgan fingerprint density at radius 1 is 0.624 bits per heavy atom. The lowest BCUT2D eigenvalue weighted by molar-refractivity contribution is -0.136. The van der Waals surface area contributed by atoms with Crippen molar-refractivity contribution in [1.82, 2.24) is 42.2 Å². The van der Waals surface area contributed by atoms with Crippen molar-refractivity contribution < 1.29 is 43.5 Å². The van der Waals surface area contributed by atoms with Crippen LogP contribution in [0, 0.1) is 5.92 Å². The zero-order chi connectivity index (χ0) is 60.6. The lowest BCUT2D eigenvalue weighted by atomic mass is 9.99. The fourth-order valence-corrected chi connectivity index (χ4v) is 12.4. The maximum Gasteiger partial charge on any atom is 0.244 e. The summed E-state index contributed by atoms with van der Waals surface area (Å²) in [5.74, 6) is -7.08. The van der Waals surface area contributed by atoms with Crippen LogP contribution in [0.25, 0.3) is 32.4 Å².